The van der Waals surface area contributed by atoms with Crippen molar-refractivity contribution in [3.05, 3.63) is 0 Å². The van der Waals surface area contributed by atoms with E-state index in [0.29, 0.717) is 13.0 Å². The van der Waals surface area contributed by atoms with Gasteiger partial charge in [-0.2, -0.15) is 0 Å². The van der Waals surface area contributed by atoms with Crippen LogP contribution in [0, 0.1) is 11.8 Å². The highest BCUT2D eigenvalue weighted by molar-refractivity contribution is 6.00. The molecule has 4 nitrogen and oxygen atoms in total. The summed E-state index contributed by atoms with van der Waals surface area (Å²) in [4.78, 5) is 22.5. The fourth-order valence-corrected chi connectivity index (χ4v) is 1.76. The smallest absolute Gasteiger partial charge is 0.316 e. The molecular weight excluding hydrogens is 172 g/mol. The van der Waals surface area contributed by atoms with Gasteiger partial charge in [0.15, 0.2) is 0 Å². The minimum atomic E-state index is -0.593. The van der Waals surface area contributed by atoms with E-state index >= 15 is 0 Å². The Kier molecular flexibility index (Phi) is 3.42. The number of esters is 1. The fourth-order valence-electron chi connectivity index (χ4n) is 1.76. The van der Waals surface area contributed by atoms with E-state index in [1.807, 2.05) is 0 Å². The lowest BCUT2D eigenvalue weighted by Gasteiger charge is -2.14. The highest BCUT2D eigenvalue weighted by atomic mass is 16.5. The minimum Gasteiger partial charge on any atom is -0.468 e. The molecule has 0 N–H and O–H groups in total. The molecule has 0 spiro atoms. The topological polar surface area (TPSA) is 52.6 Å². The molecule has 0 amide bonds. The van der Waals surface area contributed by atoms with Crippen LogP contribution in [0.1, 0.15) is 12.8 Å². The summed E-state index contributed by atoms with van der Waals surface area (Å²) < 4.78 is 9.50. The summed E-state index contributed by atoms with van der Waals surface area (Å²) in [6.45, 7) is 0.450. The molecule has 1 aliphatic rings. The van der Waals surface area contributed by atoms with Gasteiger partial charge in [0.25, 0.3) is 0 Å². The second-order valence-corrected chi connectivity index (χ2v) is 3.22. The summed E-state index contributed by atoms with van der Waals surface area (Å²) in [6, 6.07) is 0. The molecule has 0 aromatic rings. The van der Waals surface area contributed by atoms with Gasteiger partial charge in [0.2, 0.25) is 0 Å². The highest BCUT2D eigenvalue weighted by Gasteiger charge is 2.40. The largest absolute Gasteiger partial charge is 0.468 e. The Labute approximate surface area is 77.2 Å². The van der Waals surface area contributed by atoms with Gasteiger partial charge in [-0.3, -0.25) is 9.59 Å². The first-order chi connectivity index (χ1) is 6.20. The predicted molar refractivity (Wildman–Crippen MR) is 45.1 cm³/mol. The zero-order valence-corrected chi connectivity index (χ0v) is 7.91. The second-order valence-electron chi connectivity index (χ2n) is 3.22. The molecule has 0 bridgehead atoms. The Hall–Kier alpha value is -0.900. The van der Waals surface area contributed by atoms with E-state index < -0.39 is 11.9 Å². The highest BCUT2D eigenvalue weighted by Crippen LogP contribution is 2.29. The number of rotatable bonds is 3. The first kappa shape index (κ1) is 10.2. The third-order valence-corrected chi connectivity index (χ3v) is 2.42. The van der Waals surface area contributed by atoms with Crippen molar-refractivity contribution in [2.45, 2.75) is 12.8 Å². The summed E-state index contributed by atoms with van der Waals surface area (Å²) >= 11 is 0. The molecule has 0 aliphatic heterocycles. The number of hydrogen-bond acceptors (Lipinski definition) is 4. The number of ketones is 1. The molecule has 0 heterocycles. The zero-order chi connectivity index (χ0) is 9.84. The number of methoxy groups -OCH3 is 2. The lowest BCUT2D eigenvalue weighted by molar-refractivity contribution is -0.150. The molecule has 1 fully saturated rings. The van der Waals surface area contributed by atoms with Crippen molar-refractivity contribution in [2.75, 3.05) is 20.8 Å². The molecular formula is C9H14O4. The van der Waals surface area contributed by atoms with Crippen LogP contribution in [0.15, 0.2) is 0 Å². The van der Waals surface area contributed by atoms with Crippen LogP contribution in [0.5, 0.6) is 0 Å². The van der Waals surface area contributed by atoms with Crippen molar-refractivity contribution in [3.63, 3.8) is 0 Å². The molecule has 0 aromatic heterocycles. The molecule has 1 rings (SSSR count). The Bertz CT molecular complexity index is 212. The predicted octanol–water partition coefficient (Wildman–Crippen LogP) is 0.401. The van der Waals surface area contributed by atoms with Gasteiger partial charge in [-0.1, -0.05) is 0 Å². The maximum absolute atomic E-state index is 11.3. The second kappa shape index (κ2) is 4.37. The minimum absolute atomic E-state index is 0.00458. The summed E-state index contributed by atoms with van der Waals surface area (Å²) in [5.41, 5.74) is 0. The number of carbonyl (C=O) groups excluding carboxylic acids is 2. The maximum atomic E-state index is 11.3. The molecule has 74 valence electrons. The van der Waals surface area contributed by atoms with Crippen LogP contribution in [0.4, 0.5) is 0 Å². The van der Waals surface area contributed by atoms with Crippen LogP contribution < -0.4 is 0 Å². The third kappa shape index (κ3) is 2.06. The van der Waals surface area contributed by atoms with Crippen LogP contribution >= 0.6 is 0 Å². The van der Waals surface area contributed by atoms with Gasteiger partial charge in [0, 0.05) is 19.4 Å². The van der Waals surface area contributed by atoms with E-state index in [9.17, 15) is 9.59 Å². The van der Waals surface area contributed by atoms with Gasteiger partial charge >= 0.3 is 5.97 Å². The Morgan fingerprint density at radius 1 is 1.54 bits per heavy atom. The van der Waals surface area contributed by atoms with Crippen LogP contribution in [-0.4, -0.2) is 32.6 Å². The van der Waals surface area contributed by atoms with E-state index in [4.69, 9.17) is 4.74 Å². The Morgan fingerprint density at radius 2 is 2.23 bits per heavy atom. The first-order valence-corrected chi connectivity index (χ1v) is 4.30. The molecule has 2 unspecified atom stereocenters. The third-order valence-electron chi connectivity index (χ3n) is 2.42. The van der Waals surface area contributed by atoms with E-state index in [-0.39, 0.29) is 11.7 Å². The average Bonchev–Trinajstić information content (AvgIpc) is 2.47. The van der Waals surface area contributed by atoms with Crippen LogP contribution in [0.2, 0.25) is 0 Å². The average molecular weight is 186 g/mol. The molecule has 1 aliphatic carbocycles. The SMILES string of the molecule is COCC1CCC(=O)C1C(=O)OC. The van der Waals surface area contributed by atoms with Crippen molar-refractivity contribution in [2.24, 2.45) is 11.8 Å². The Morgan fingerprint density at radius 3 is 2.77 bits per heavy atom. The number of Topliss-reactive ketones (excluding diaryl/α,β-unsaturated/α-hetero) is 1. The summed E-state index contributed by atoms with van der Waals surface area (Å²) in [5, 5.41) is 0. The summed E-state index contributed by atoms with van der Waals surface area (Å²) in [5.74, 6) is -1.03. The summed E-state index contributed by atoms with van der Waals surface area (Å²) in [6.07, 6.45) is 1.19. The van der Waals surface area contributed by atoms with Crippen molar-refractivity contribution in [1.29, 1.82) is 0 Å². The van der Waals surface area contributed by atoms with Gasteiger partial charge in [-0.15, -0.1) is 0 Å². The molecule has 0 aromatic carbocycles. The van der Waals surface area contributed by atoms with Crippen LogP contribution in [0.25, 0.3) is 0 Å². The number of hydrogen-bond donors (Lipinski definition) is 0. The zero-order valence-electron chi connectivity index (χ0n) is 7.91. The van der Waals surface area contributed by atoms with E-state index in [1.54, 1.807) is 7.11 Å². The van der Waals surface area contributed by atoms with Gasteiger partial charge in [0.05, 0.1) is 13.7 Å². The molecule has 0 radical (unpaired) electrons. The van der Waals surface area contributed by atoms with Gasteiger partial charge in [0.1, 0.15) is 11.7 Å². The standard InChI is InChI=1S/C9H14O4/c1-12-5-6-3-4-7(10)8(6)9(11)13-2/h6,8H,3-5H2,1-2H3. The quantitative estimate of drug-likeness (QED) is 0.473. The first-order valence-electron chi connectivity index (χ1n) is 4.30. The van der Waals surface area contributed by atoms with Gasteiger partial charge in [-0.25, -0.2) is 0 Å². The molecule has 2 atom stereocenters. The maximum Gasteiger partial charge on any atom is 0.316 e. The van der Waals surface area contributed by atoms with Crippen LogP contribution in [0.3, 0.4) is 0 Å². The lowest BCUT2D eigenvalue weighted by Crippen LogP contribution is -2.28. The summed E-state index contributed by atoms with van der Waals surface area (Å²) in [7, 11) is 2.87. The molecule has 4 heteroatoms. The Balaban J connectivity index is 2.65. The van der Waals surface area contributed by atoms with E-state index in [0.717, 1.165) is 6.42 Å². The molecule has 0 saturated heterocycles. The van der Waals surface area contributed by atoms with Crippen molar-refractivity contribution < 1.29 is 19.1 Å². The van der Waals surface area contributed by atoms with Crippen molar-refractivity contribution in [1.82, 2.24) is 0 Å². The lowest BCUT2D eigenvalue weighted by atomic mass is 9.96. The number of ether oxygens (including phenoxy) is 2. The normalized spacial score (nSPS) is 27.7. The number of carbonyl (C=O) groups is 2. The van der Waals surface area contributed by atoms with Gasteiger partial charge < -0.3 is 9.47 Å². The van der Waals surface area contributed by atoms with Gasteiger partial charge in [-0.05, 0) is 6.42 Å². The van der Waals surface area contributed by atoms with Crippen molar-refractivity contribution in [3.8, 4) is 0 Å². The van der Waals surface area contributed by atoms with Crippen molar-refractivity contribution >= 4 is 11.8 Å². The monoisotopic (exact) mass is 186 g/mol. The van der Waals surface area contributed by atoms with E-state index in [1.165, 1.54) is 7.11 Å². The van der Waals surface area contributed by atoms with E-state index in [2.05, 4.69) is 4.74 Å². The fraction of sp³-hybridized carbons (Fsp3) is 0.778. The molecule has 1 saturated carbocycles. The van der Waals surface area contributed by atoms with Crippen LogP contribution in [-0.2, 0) is 19.1 Å². The molecule has 13 heavy (non-hydrogen) atoms.